The summed E-state index contributed by atoms with van der Waals surface area (Å²) in [5.41, 5.74) is 1.88. The molecule has 1 aromatic rings. The van der Waals surface area contributed by atoms with E-state index in [1.165, 1.54) is 12.8 Å². The third kappa shape index (κ3) is 3.92. The van der Waals surface area contributed by atoms with Gasteiger partial charge in [0.15, 0.2) is 0 Å². The molecule has 2 amide bonds. The van der Waals surface area contributed by atoms with E-state index in [9.17, 15) is 9.59 Å². The SMILES string of the molecule is O=C(NC1CCCC1)NC1CCC(n2nc3c(cc2=O)COCC3)CC1. The Morgan fingerprint density at radius 1 is 1.08 bits per heavy atom. The number of ether oxygens (including phenoxy) is 1. The number of urea groups is 1. The summed E-state index contributed by atoms with van der Waals surface area (Å²) in [6.45, 7) is 1.16. The minimum atomic E-state index is -0.0376. The maximum absolute atomic E-state index is 12.4. The molecular formula is C19H28N4O3. The zero-order valence-corrected chi connectivity index (χ0v) is 15.2. The fourth-order valence-electron chi connectivity index (χ4n) is 4.44. The highest BCUT2D eigenvalue weighted by Crippen LogP contribution is 2.27. The minimum Gasteiger partial charge on any atom is -0.376 e. The molecule has 2 saturated carbocycles. The number of hydrogen-bond donors (Lipinski definition) is 2. The van der Waals surface area contributed by atoms with E-state index >= 15 is 0 Å². The van der Waals surface area contributed by atoms with Gasteiger partial charge in [0, 0.05) is 30.1 Å². The molecule has 2 aliphatic carbocycles. The van der Waals surface area contributed by atoms with Crippen molar-refractivity contribution >= 4 is 6.03 Å². The molecule has 1 aromatic heterocycles. The molecule has 142 valence electrons. The van der Waals surface area contributed by atoms with E-state index in [4.69, 9.17) is 4.74 Å². The standard InChI is InChI=1S/C19H28N4O3/c24-18-11-13-12-26-10-9-17(13)22-23(18)16-7-5-15(6-8-16)21-19(25)20-14-3-1-2-4-14/h11,14-16H,1-10,12H2,(H2,20,21,25). The van der Waals surface area contributed by atoms with Crippen LogP contribution in [0.5, 0.6) is 0 Å². The quantitative estimate of drug-likeness (QED) is 0.864. The van der Waals surface area contributed by atoms with Crippen molar-refractivity contribution in [1.29, 1.82) is 0 Å². The third-order valence-electron chi connectivity index (χ3n) is 5.93. The first-order chi connectivity index (χ1) is 12.7. The van der Waals surface area contributed by atoms with Crippen molar-refractivity contribution in [3.8, 4) is 0 Å². The Labute approximate surface area is 153 Å². The largest absolute Gasteiger partial charge is 0.376 e. The Balaban J connectivity index is 1.32. The topological polar surface area (TPSA) is 85.3 Å². The number of amides is 2. The Bertz CT molecular complexity index is 703. The zero-order chi connectivity index (χ0) is 17.9. The predicted octanol–water partition coefficient (Wildman–Crippen LogP) is 2.04. The van der Waals surface area contributed by atoms with Crippen LogP contribution < -0.4 is 16.2 Å². The van der Waals surface area contributed by atoms with Gasteiger partial charge in [-0.3, -0.25) is 4.79 Å². The van der Waals surface area contributed by atoms with Crippen LogP contribution in [0.25, 0.3) is 0 Å². The third-order valence-corrected chi connectivity index (χ3v) is 5.93. The lowest BCUT2D eigenvalue weighted by atomic mass is 9.91. The molecule has 26 heavy (non-hydrogen) atoms. The van der Waals surface area contributed by atoms with Crippen LogP contribution in [0.1, 0.15) is 68.7 Å². The molecule has 0 atom stereocenters. The summed E-state index contributed by atoms with van der Waals surface area (Å²) in [6.07, 6.45) is 8.90. The summed E-state index contributed by atoms with van der Waals surface area (Å²) in [4.78, 5) is 24.5. The van der Waals surface area contributed by atoms with Crippen molar-refractivity contribution < 1.29 is 9.53 Å². The van der Waals surface area contributed by atoms with Crippen molar-refractivity contribution in [2.24, 2.45) is 0 Å². The molecule has 2 heterocycles. The molecule has 3 aliphatic rings. The van der Waals surface area contributed by atoms with Crippen LogP contribution in [0, 0.1) is 0 Å². The molecule has 0 saturated heterocycles. The van der Waals surface area contributed by atoms with E-state index in [1.807, 2.05) is 0 Å². The van der Waals surface area contributed by atoms with E-state index in [-0.39, 0.29) is 23.7 Å². The normalized spacial score (nSPS) is 26.3. The highest BCUT2D eigenvalue weighted by atomic mass is 16.5. The lowest BCUT2D eigenvalue weighted by Gasteiger charge is -2.30. The number of fused-ring (bicyclic) bond motifs is 1. The van der Waals surface area contributed by atoms with Gasteiger partial charge in [-0.25, -0.2) is 9.48 Å². The van der Waals surface area contributed by atoms with Crippen molar-refractivity contribution in [1.82, 2.24) is 20.4 Å². The van der Waals surface area contributed by atoms with Gasteiger partial charge in [-0.05, 0) is 38.5 Å². The maximum Gasteiger partial charge on any atom is 0.315 e. The van der Waals surface area contributed by atoms with Crippen LogP contribution >= 0.6 is 0 Å². The first kappa shape index (κ1) is 17.5. The number of rotatable bonds is 3. The number of hydrogen-bond acceptors (Lipinski definition) is 4. The van der Waals surface area contributed by atoms with E-state index in [2.05, 4.69) is 15.7 Å². The predicted molar refractivity (Wildman–Crippen MR) is 97.1 cm³/mol. The smallest absolute Gasteiger partial charge is 0.315 e. The van der Waals surface area contributed by atoms with E-state index < -0.39 is 0 Å². The Morgan fingerprint density at radius 3 is 2.50 bits per heavy atom. The van der Waals surface area contributed by atoms with Crippen LogP contribution in [-0.4, -0.2) is 34.5 Å². The van der Waals surface area contributed by atoms with Gasteiger partial charge >= 0.3 is 6.03 Å². The molecule has 2 fully saturated rings. The number of nitrogens with zero attached hydrogens (tertiary/aromatic N) is 2. The minimum absolute atomic E-state index is 0.0374. The van der Waals surface area contributed by atoms with Crippen LogP contribution in [-0.2, 0) is 17.8 Å². The van der Waals surface area contributed by atoms with Crippen LogP contribution in [0.15, 0.2) is 10.9 Å². The fourth-order valence-corrected chi connectivity index (χ4v) is 4.44. The molecule has 0 bridgehead atoms. The van der Waals surface area contributed by atoms with Crippen molar-refractivity contribution in [3.63, 3.8) is 0 Å². The molecule has 4 rings (SSSR count). The monoisotopic (exact) mass is 360 g/mol. The van der Waals surface area contributed by atoms with Gasteiger partial charge in [-0.15, -0.1) is 0 Å². The van der Waals surface area contributed by atoms with Gasteiger partial charge in [0.1, 0.15) is 0 Å². The molecule has 0 aromatic carbocycles. The molecule has 2 N–H and O–H groups in total. The number of carbonyl (C=O) groups is 1. The Hall–Kier alpha value is -1.89. The van der Waals surface area contributed by atoms with Gasteiger partial charge in [0.05, 0.1) is 24.9 Å². The highest BCUT2D eigenvalue weighted by Gasteiger charge is 2.26. The number of nitrogens with one attached hydrogen (secondary N) is 2. The van der Waals surface area contributed by atoms with Crippen molar-refractivity contribution in [2.45, 2.75) is 82.5 Å². The second-order valence-corrected chi connectivity index (χ2v) is 7.81. The molecule has 7 heteroatoms. The molecule has 7 nitrogen and oxygen atoms in total. The first-order valence-corrected chi connectivity index (χ1v) is 9.95. The summed E-state index contributed by atoms with van der Waals surface area (Å²) in [7, 11) is 0. The van der Waals surface area contributed by atoms with Gasteiger partial charge in [-0.1, -0.05) is 12.8 Å². The fraction of sp³-hybridized carbons (Fsp3) is 0.737. The summed E-state index contributed by atoms with van der Waals surface area (Å²) in [5.74, 6) is 0. The zero-order valence-electron chi connectivity index (χ0n) is 15.2. The summed E-state index contributed by atoms with van der Waals surface area (Å²) in [5, 5.41) is 10.8. The van der Waals surface area contributed by atoms with Gasteiger partial charge in [0.2, 0.25) is 0 Å². The van der Waals surface area contributed by atoms with Crippen LogP contribution in [0.3, 0.4) is 0 Å². The Kier molecular flexibility index (Phi) is 5.24. The summed E-state index contributed by atoms with van der Waals surface area (Å²) >= 11 is 0. The number of carbonyl (C=O) groups excluding carboxylic acids is 1. The summed E-state index contributed by atoms with van der Waals surface area (Å²) < 4.78 is 7.07. The van der Waals surface area contributed by atoms with Gasteiger partial charge < -0.3 is 15.4 Å². The first-order valence-electron chi connectivity index (χ1n) is 9.95. The average Bonchev–Trinajstić information content (AvgIpc) is 3.15. The molecule has 0 unspecified atom stereocenters. The van der Waals surface area contributed by atoms with E-state index in [0.717, 1.165) is 56.2 Å². The highest BCUT2D eigenvalue weighted by molar-refractivity contribution is 5.74. The average molecular weight is 360 g/mol. The Morgan fingerprint density at radius 2 is 1.77 bits per heavy atom. The number of aromatic nitrogens is 2. The summed E-state index contributed by atoms with van der Waals surface area (Å²) in [6, 6.07) is 2.31. The maximum atomic E-state index is 12.4. The molecule has 0 spiro atoms. The second-order valence-electron chi connectivity index (χ2n) is 7.81. The molecule has 0 radical (unpaired) electrons. The van der Waals surface area contributed by atoms with Crippen molar-refractivity contribution in [3.05, 3.63) is 27.7 Å². The second kappa shape index (κ2) is 7.78. The van der Waals surface area contributed by atoms with Crippen LogP contribution in [0.2, 0.25) is 0 Å². The van der Waals surface area contributed by atoms with E-state index in [0.29, 0.717) is 19.3 Å². The molecule has 1 aliphatic heterocycles. The van der Waals surface area contributed by atoms with Gasteiger partial charge in [-0.2, -0.15) is 5.10 Å². The van der Waals surface area contributed by atoms with Gasteiger partial charge in [0.25, 0.3) is 5.56 Å². The lowest BCUT2D eigenvalue weighted by molar-refractivity contribution is 0.107. The molecular weight excluding hydrogens is 332 g/mol. The lowest BCUT2D eigenvalue weighted by Crippen LogP contribution is -2.47. The van der Waals surface area contributed by atoms with Crippen molar-refractivity contribution in [2.75, 3.05) is 6.61 Å². The van der Waals surface area contributed by atoms with Crippen LogP contribution in [0.4, 0.5) is 4.79 Å². The van der Waals surface area contributed by atoms with E-state index in [1.54, 1.807) is 10.7 Å².